The van der Waals surface area contributed by atoms with E-state index in [9.17, 15) is 0 Å². The first-order valence-corrected chi connectivity index (χ1v) is 13.4. The molecule has 0 spiro atoms. The Labute approximate surface area is 267 Å². The molecule has 42 heavy (non-hydrogen) atoms. The van der Waals surface area contributed by atoms with Gasteiger partial charge < -0.3 is 14.4 Å². The van der Waals surface area contributed by atoms with Crippen LogP contribution in [-0.4, -0.2) is 15.0 Å². The number of hydrogen-bond acceptors (Lipinski definition) is 4. The van der Waals surface area contributed by atoms with E-state index >= 15 is 0 Å². The van der Waals surface area contributed by atoms with Crippen molar-refractivity contribution in [2.75, 3.05) is 0 Å². The Morgan fingerprint density at radius 1 is 0.810 bits per heavy atom. The van der Waals surface area contributed by atoms with Gasteiger partial charge in [0.25, 0.3) is 0 Å². The van der Waals surface area contributed by atoms with E-state index in [2.05, 4.69) is 27.1 Å². The summed E-state index contributed by atoms with van der Waals surface area (Å²) < 4.78 is 47.7. The first kappa shape index (κ1) is 23.4. The van der Waals surface area contributed by atoms with Crippen LogP contribution in [0.25, 0.3) is 55.4 Å². The maximum Gasteiger partial charge on any atom is 0.147 e. The summed E-state index contributed by atoms with van der Waals surface area (Å²) in [6.45, 7) is 2.75. The molecule has 0 aliphatic rings. The van der Waals surface area contributed by atoms with Crippen LogP contribution in [0, 0.1) is 24.4 Å². The van der Waals surface area contributed by atoms with Crippen LogP contribution in [0.3, 0.4) is 0 Å². The molecule has 0 bridgehead atoms. The minimum absolute atomic E-state index is 0. The fraction of sp³-hybridized carbons (Fsp3) is 0.162. The van der Waals surface area contributed by atoms with E-state index in [0.717, 1.165) is 32.9 Å². The van der Waals surface area contributed by atoms with E-state index in [0.29, 0.717) is 22.4 Å². The minimum atomic E-state index is -2.50. The normalized spacial score (nSPS) is 13.6. The van der Waals surface area contributed by atoms with Crippen molar-refractivity contribution in [1.82, 2.24) is 15.0 Å². The molecule has 0 aliphatic heterocycles. The van der Waals surface area contributed by atoms with E-state index in [-0.39, 0.29) is 31.2 Å². The molecule has 4 nitrogen and oxygen atoms in total. The molecule has 5 heteroatoms. The first-order valence-electron chi connectivity index (χ1n) is 15.9. The van der Waals surface area contributed by atoms with Crippen molar-refractivity contribution in [2.24, 2.45) is 5.41 Å². The summed E-state index contributed by atoms with van der Waals surface area (Å²) in [7, 11) is 0. The number of fused-ring (bicyclic) bond motifs is 5. The van der Waals surface area contributed by atoms with Gasteiger partial charge in [0.2, 0.25) is 0 Å². The summed E-state index contributed by atoms with van der Waals surface area (Å²) in [6, 6.07) is 33.0. The number of pyridine rings is 3. The Morgan fingerprint density at radius 3 is 2.40 bits per heavy atom. The van der Waals surface area contributed by atoms with Gasteiger partial charge in [0, 0.05) is 56.3 Å². The summed E-state index contributed by atoms with van der Waals surface area (Å²) in [4.78, 5) is 13.1. The van der Waals surface area contributed by atoms with Gasteiger partial charge in [0.1, 0.15) is 11.1 Å². The van der Waals surface area contributed by atoms with Gasteiger partial charge in [-0.25, -0.2) is 0 Å². The van der Waals surface area contributed by atoms with Gasteiger partial charge in [-0.15, -0.1) is 54.1 Å². The molecule has 1 radical (unpaired) electrons. The van der Waals surface area contributed by atoms with Gasteiger partial charge >= 0.3 is 0 Å². The van der Waals surface area contributed by atoms with Gasteiger partial charge in [0.15, 0.2) is 0 Å². The van der Waals surface area contributed by atoms with Crippen molar-refractivity contribution in [1.29, 1.82) is 0 Å². The molecule has 7 rings (SSSR count). The molecule has 0 fully saturated rings. The fourth-order valence-electron chi connectivity index (χ4n) is 4.70. The Balaban J connectivity index is 0.000000280. The molecular formula is C37H31IrN3O-2. The third-order valence-corrected chi connectivity index (χ3v) is 6.49. The maximum atomic E-state index is 8.79. The molecule has 4 aromatic heterocycles. The van der Waals surface area contributed by atoms with Gasteiger partial charge in [-0.1, -0.05) is 73.7 Å². The van der Waals surface area contributed by atoms with E-state index in [1.165, 1.54) is 12.3 Å². The predicted octanol–water partition coefficient (Wildman–Crippen LogP) is 9.44. The summed E-state index contributed by atoms with van der Waals surface area (Å²) in [5, 5.41) is 2.72. The van der Waals surface area contributed by atoms with Crippen molar-refractivity contribution in [2.45, 2.75) is 34.0 Å². The third kappa shape index (κ3) is 6.18. The Bertz CT molecular complexity index is 2120. The second-order valence-corrected chi connectivity index (χ2v) is 10.7. The zero-order chi connectivity index (χ0) is 32.7. The van der Waals surface area contributed by atoms with Gasteiger partial charge in [-0.05, 0) is 47.7 Å². The molecule has 0 saturated heterocycles. The monoisotopic (exact) mass is 731 g/mol. The number of rotatable bonds is 3. The Kier molecular flexibility index (Phi) is 6.88. The summed E-state index contributed by atoms with van der Waals surface area (Å²) in [5.41, 5.74) is 4.06. The van der Waals surface area contributed by atoms with Gasteiger partial charge in [-0.3, -0.25) is 4.98 Å². The zero-order valence-electron chi connectivity index (χ0n) is 28.4. The molecule has 0 unspecified atom stereocenters. The van der Waals surface area contributed by atoms with Crippen LogP contribution in [0.5, 0.6) is 0 Å². The van der Waals surface area contributed by atoms with Crippen molar-refractivity contribution in [3.8, 4) is 22.5 Å². The van der Waals surface area contributed by atoms with E-state index < -0.39 is 18.6 Å². The number of furan rings is 1. The maximum absolute atomic E-state index is 8.79. The fourth-order valence-corrected chi connectivity index (χ4v) is 4.70. The molecule has 4 heterocycles. The van der Waals surface area contributed by atoms with Crippen LogP contribution >= 0.6 is 0 Å². The van der Waals surface area contributed by atoms with Crippen LogP contribution in [0.2, 0.25) is 0 Å². The van der Waals surface area contributed by atoms with Crippen LogP contribution in [0.4, 0.5) is 0 Å². The average Bonchev–Trinajstić information content (AvgIpc) is 3.44. The van der Waals surface area contributed by atoms with E-state index in [1.54, 1.807) is 39.2 Å². The van der Waals surface area contributed by atoms with Gasteiger partial charge in [0.05, 0.1) is 5.58 Å². The van der Waals surface area contributed by atoms with Crippen LogP contribution in [-0.2, 0) is 26.5 Å². The average molecular weight is 731 g/mol. The summed E-state index contributed by atoms with van der Waals surface area (Å²) in [6.07, 6.45) is 2.85. The number of nitrogens with zero attached hydrogens (tertiary/aromatic N) is 3. The zero-order valence-corrected chi connectivity index (χ0v) is 25.8. The van der Waals surface area contributed by atoms with Crippen molar-refractivity contribution >= 4 is 32.8 Å². The Hall–Kier alpha value is -4.18. The standard InChI is InChI=1S/C26H23N2O.C11H8N.Ir/c1-16-15-28-22(13-18(16)14-26(2,3)4)21-9-5-8-19-20-11-10-17-7-6-12-27-23(17)25(20)29-24(19)21;1-2-6-10(7-3-1)11-8-4-5-9-12-11;/h5-8,10-13,15H,14H2,1-4H3;1-6,8-9H;/q2*-1;/i1D3,14D2;;. The third-order valence-electron chi connectivity index (χ3n) is 6.49. The largest absolute Gasteiger partial charge is 0.498 e. The molecule has 0 aliphatic carbocycles. The summed E-state index contributed by atoms with van der Waals surface area (Å²) in [5.74, 6) is 0. The second kappa shape index (κ2) is 12.4. The smallest absolute Gasteiger partial charge is 0.147 e. The first-order chi connectivity index (χ1) is 21.9. The summed E-state index contributed by atoms with van der Waals surface area (Å²) >= 11 is 0. The molecule has 0 amide bonds. The molecule has 0 N–H and O–H groups in total. The second-order valence-electron chi connectivity index (χ2n) is 10.7. The van der Waals surface area contributed by atoms with Crippen LogP contribution in [0.15, 0.2) is 108 Å². The molecule has 3 aromatic carbocycles. The van der Waals surface area contributed by atoms with Gasteiger partial charge in [-0.2, -0.15) is 0 Å². The number of hydrogen-bond donors (Lipinski definition) is 0. The predicted molar refractivity (Wildman–Crippen MR) is 167 cm³/mol. The van der Waals surface area contributed by atoms with E-state index in [4.69, 9.17) is 11.3 Å². The topological polar surface area (TPSA) is 51.8 Å². The number of benzene rings is 3. The Morgan fingerprint density at radius 2 is 1.64 bits per heavy atom. The number of aryl methyl sites for hydroxylation is 1. The van der Waals surface area contributed by atoms with Crippen LogP contribution in [0.1, 0.15) is 38.8 Å². The van der Waals surface area contributed by atoms with Crippen molar-refractivity contribution in [3.63, 3.8) is 0 Å². The molecular weight excluding hydrogens is 695 g/mol. The number of aromatic nitrogens is 3. The molecule has 7 aromatic rings. The quantitative estimate of drug-likeness (QED) is 0.170. The molecule has 0 atom stereocenters. The van der Waals surface area contributed by atoms with Crippen LogP contribution < -0.4 is 0 Å². The molecule has 0 saturated carbocycles. The SMILES string of the molecule is [2H]C([2H])([2H])c1cnc(-c2[c-]ccc3c2oc2c3ccc3cccnc32)cc1C([2H])([2H])C(C)(C)C.[Ir].[c-]1ccccc1-c1ccccn1. The minimum Gasteiger partial charge on any atom is -0.498 e. The molecule has 211 valence electrons. The van der Waals surface area contributed by atoms with Crippen molar-refractivity contribution < 1.29 is 31.4 Å². The van der Waals surface area contributed by atoms with E-state index in [1.807, 2.05) is 72.8 Å². The van der Waals surface area contributed by atoms with Crippen molar-refractivity contribution in [3.05, 3.63) is 127 Å².